The predicted molar refractivity (Wildman–Crippen MR) is 102 cm³/mol. The summed E-state index contributed by atoms with van der Waals surface area (Å²) in [4.78, 5) is 20.4. The number of para-hydroxylation sites is 1. The molecule has 0 radical (unpaired) electrons. The molecule has 6 heteroatoms. The molecule has 4 rings (SSSR count). The molecule has 1 aliphatic heterocycles. The first-order chi connectivity index (χ1) is 12.5. The molecular formula is C20H18N4O2. The van der Waals surface area contributed by atoms with Crippen LogP contribution in [0.5, 0.6) is 0 Å². The molecule has 6 nitrogen and oxygen atoms in total. The van der Waals surface area contributed by atoms with E-state index in [4.69, 9.17) is 9.98 Å². The highest BCUT2D eigenvalue weighted by Crippen LogP contribution is 2.39. The van der Waals surface area contributed by atoms with Crippen LogP contribution in [0.15, 0.2) is 53.5 Å². The standard InChI is InChI=1S/C20H18N4O2/c1-12-13(2)23-14(3)19(15-7-6-8-16(11-15)24(25)26)22-20(23)17-9-4-5-10-18(17)21-12/h4-11,13H,1-3H3. The summed E-state index contributed by atoms with van der Waals surface area (Å²) in [6.07, 6.45) is 0. The van der Waals surface area contributed by atoms with Crippen molar-refractivity contribution in [3.63, 3.8) is 0 Å². The number of benzene rings is 2. The Kier molecular flexibility index (Phi) is 3.68. The molecule has 2 heterocycles. The summed E-state index contributed by atoms with van der Waals surface area (Å²) in [5.41, 5.74) is 5.41. The number of aliphatic imine (C=N–C) groups is 1. The lowest BCUT2D eigenvalue weighted by atomic mass is 10.1. The van der Waals surface area contributed by atoms with Crippen molar-refractivity contribution in [3.8, 4) is 22.6 Å². The average molecular weight is 346 g/mol. The van der Waals surface area contributed by atoms with E-state index in [0.29, 0.717) is 0 Å². The number of rotatable bonds is 2. The Morgan fingerprint density at radius 1 is 1.12 bits per heavy atom. The molecule has 130 valence electrons. The third-order valence-electron chi connectivity index (χ3n) is 4.91. The van der Waals surface area contributed by atoms with Gasteiger partial charge in [0, 0.05) is 34.7 Å². The van der Waals surface area contributed by atoms with Gasteiger partial charge in [-0.05, 0) is 32.9 Å². The Morgan fingerprint density at radius 2 is 1.88 bits per heavy atom. The van der Waals surface area contributed by atoms with Gasteiger partial charge >= 0.3 is 0 Å². The second-order valence-corrected chi connectivity index (χ2v) is 6.49. The van der Waals surface area contributed by atoms with Crippen molar-refractivity contribution in [1.82, 2.24) is 9.55 Å². The zero-order valence-electron chi connectivity index (χ0n) is 14.8. The topological polar surface area (TPSA) is 73.3 Å². The minimum Gasteiger partial charge on any atom is -0.319 e. The molecule has 1 aliphatic rings. The SMILES string of the molecule is CC1=Nc2ccccc2-c2nc(-c3cccc([N+](=O)[O-])c3)c(C)n2C1C. The zero-order chi connectivity index (χ0) is 18.4. The minimum atomic E-state index is -0.380. The number of aromatic nitrogens is 2. The Bertz CT molecular complexity index is 1070. The van der Waals surface area contributed by atoms with Crippen LogP contribution in [0.2, 0.25) is 0 Å². The highest BCUT2D eigenvalue weighted by Gasteiger charge is 2.26. The van der Waals surface area contributed by atoms with Gasteiger partial charge in [-0.1, -0.05) is 24.3 Å². The third-order valence-corrected chi connectivity index (χ3v) is 4.91. The van der Waals surface area contributed by atoms with Crippen molar-refractivity contribution in [2.24, 2.45) is 4.99 Å². The highest BCUT2D eigenvalue weighted by atomic mass is 16.6. The highest BCUT2D eigenvalue weighted by molar-refractivity contribution is 5.93. The molecular weight excluding hydrogens is 328 g/mol. The van der Waals surface area contributed by atoms with Crippen molar-refractivity contribution in [2.75, 3.05) is 0 Å². The molecule has 0 saturated carbocycles. The van der Waals surface area contributed by atoms with Gasteiger partial charge in [-0.2, -0.15) is 0 Å². The fraction of sp³-hybridized carbons (Fsp3) is 0.200. The van der Waals surface area contributed by atoms with Crippen LogP contribution in [0.1, 0.15) is 25.6 Å². The molecule has 1 atom stereocenters. The van der Waals surface area contributed by atoms with Gasteiger partial charge in [-0.25, -0.2) is 4.98 Å². The lowest BCUT2D eigenvalue weighted by molar-refractivity contribution is -0.384. The number of imidazole rings is 1. The Balaban J connectivity index is 1.98. The largest absolute Gasteiger partial charge is 0.319 e. The first-order valence-electron chi connectivity index (χ1n) is 8.45. The molecule has 1 aromatic heterocycles. The lowest BCUT2D eigenvalue weighted by Crippen LogP contribution is -2.14. The van der Waals surface area contributed by atoms with Crippen LogP contribution < -0.4 is 0 Å². The van der Waals surface area contributed by atoms with Crippen LogP contribution in [0.4, 0.5) is 11.4 Å². The van der Waals surface area contributed by atoms with Gasteiger partial charge in [0.2, 0.25) is 0 Å². The molecule has 0 spiro atoms. The van der Waals surface area contributed by atoms with Crippen molar-refractivity contribution >= 4 is 17.1 Å². The number of nitrogens with zero attached hydrogens (tertiary/aromatic N) is 4. The van der Waals surface area contributed by atoms with E-state index in [0.717, 1.165) is 39.7 Å². The summed E-state index contributed by atoms with van der Waals surface area (Å²) in [5.74, 6) is 0.840. The zero-order valence-corrected chi connectivity index (χ0v) is 14.8. The van der Waals surface area contributed by atoms with E-state index in [1.807, 2.05) is 44.2 Å². The van der Waals surface area contributed by atoms with Crippen LogP contribution in [0, 0.1) is 17.0 Å². The van der Waals surface area contributed by atoms with Gasteiger partial charge in [-0.3, -0.25) is 15.1 Å². The first kappa shape index (κ1) is 16.2. The third kappa shape index (κ3) is 2.42. The second-order valence-electron chi connectivity index (χ2n) is 6.49. The predicted octanol–water partition coefficient (Wildman–Crippen LogP) is 5.10. The van der Waals surface area contributed by atoms with Crippen LogP contribution in [0.25, 0.3) is 22.6 Å². The maximum atomic E-state index is 11.1. The first-order valence-corrected chi connectivity index (χ1v) is 8.45. The molecule has 26 heavy (non-hydrogen) atoms. The summed E-state index contributed by atoms with van der Waals surface area (Å²) < 4.78 is 2.17. The van der Waals surface area contributed by atoms with E-state index in [-0.39, 0.29) is 16.7 Å². The number of hydrogen-bond acceptors (Lipinski definition) is 4. The van der Waals surface area contributed by atoms with Crippen molar-refractivity contribution in [3.05, 3.63) is 64.3 Å². The van der Waals surface area contributed by atoms with Crippen molar-refractivity contribution < 1.29 is 4.92 Å². The molecule has 0 bridgehead atoms. The maximum absolute atomic E-state index is 11.1. The van der Waals surface area contributed by atoms with E-state index in [1.165, 1.54) is 6.07 Å². The van der Waals surface area contributed by atoms with Crippen molar-refractivity contribution in [2.45, 2.75) is 26.8 Å². The number of non-ortho nitro benzene ring substituents is 1. The van der Waals surface area contributed by atoms with E-state index in [9.17, 15) is 10.1 Å². The van der Waals surface area contributed by atoms with Gasteiger partial charge in [-0.15, -0.1) is 0 Å². The smallest absolute Gasteiger partial charge is 0.270 e. The van der Waals surface area contributed by atoms with Gasteiger partial charge < -0.3 is 4.57 Å². The van der Waals surface area contributed by atoms with Crippen LogP contribution in [-0.4, -0.2) is 20.2 Å². The Hall–Kier alpha value is -3.28. The molecule has 1 unspecified atom stereocenters. The normalized spacial score (nSPS) is 15.7. The number of nitro groups is 1. The summed E-state index contributed by atoms with van der Waals surface area (Å²) >= 11 is 0. The van der Waals surface area contributed by atoms with Gasteiger partial charge in [0.25, 0.3) is 5.69 Å². The van der Waals surface area contributed by atoms with E-state index < -0.39 is 0 Å². The second kappa shape index (κ2) is 5.91. The summed E-state index contributed by atoms with van der Waals surface area (Å²) in [5, 5.41) is 11.1. The van der Waals surface area contributed by atoms with Crippen LogP contribution in [-0.2, 0) is 0 Å². The fourth-order valence-corrected chi connectivity index (χ4v) is 3.45. The molecule has 0 amide bonds. The monoisotopic (exact) mass is 346 g/mol. The fourth-order valence-electron chi connectivity index (χ4n) is 3.45. The molecule has 2 aromatic carbocycles. The van der Waals surface area contributed by atoms with Gasteiger partial charge in [0.1, 0.15) is 5.82 Å². The van der Waals surface area contributed by atoms with E-state index in [2.05, 4.69) is 11.5 Å². The molecule has 3 aromatic rings. The van der Waals surface area contributed by atoms with Crippen LogP contribution in [0.3, 0.4) is 0 Å². The Morgan fingerprint density at radius 3 is 2.65 bits per heavy atom. The van der Waals surface area contributed by atoms with E-state index in [1.54, 1.807) is 12.1 Å². The summed E-state index contributed by atoms with van der Waals surface area (Å²) in [6.45, 7) is 6.12. The quantitative estimate of drug-likeness (QED) is 0.478. The van der Waals surface area contributed by atoms with E-state index >= 15 is 0 Å². The number of hydrogen-bond donors (Lipinski definition) is 0. The maximum Gasteiger partial charge on any atom is 0.270 e. The summed E-state index contributed by atoms with van der Waals surface area (Å²) in [7, 11) is 0. The van der Waals surface area contributed by atoms with Crippen LogP contribution >= 0.6 is 0 Å². The molecule has 0 saturated heterocycles. The minimum absolute atomic E-state index is 0.0531. The van der Waals surface area contributed by atoms with Gasteiger partial charge in [0.05, 0.1) is 22.3 Å². The number of fused-ring (bicyclic) bond motifs is 3. The molecule has 0 fully saturated rings. The molecule has 0 aliphatic carbocycles. The summed E-state index contributed by atoms with van der Waals surface area (Å²) in [6, 6.07) is 14.6. The molecule has 0 N–H and O–H groups in total. The lowest BCUT2D eigenvalue weighted by Gasteiger charge is -2.16. The van der Waals surface area contributed by atoms with Gasteiger partial charge in [0.15, 0.2) is 0 Å². The van der Waals surface area contributed by atoms with Crippen molar-refractivity contribution in [1.29, 1.82) is 0 Å². The number of nitro benzene ring substituents is 1. The average Bonchev–Trinajstić information content (AvgIpc) is 2.93. The Labute approximate surface area is 151 Å².